The maximum atomic E-state index is 11.0. The lowest BCUT2D eigenvalue weighted by Gasteiger charge is -2.08. The second kappa shape index (κ2) is 8.08. The molecule has 0 heterocycles. The van der Waals surface area contributed by atoms with Crippen molar-refractivity contribution in [2.75, 3.05) is 19.8 Å². The third-order valence-corrected chi connectivity index (χ3v) is 1.55. The lowest BCUT2D eigenvalue weighted by molar-refractivity contribution is -0.148. The second-order valence-electron chi connectivity index (χ2n) is 3.38. The molecule has 0 bridgehead atoms. The highest BCUT2D eigenvalue weighted by atomic mass is 16.6. The van der Waals surface area contributed by atoms with Gasteiger partial charge in [-0.2, -0.15) is 0 Å². The van der Waals surface area contributed by atoms with E-state index < -0.39 is 6.09 Å². The third kappa shape index (κ3) is 7.78. The number of nitrogens with one attached hydrogen (secondary N) is 1. The van der Waals surface area contributed by atoms with Crippen LogP contribution < -0.4 is 5.32 Å². The molecule has 0 saturated carbocycles. The molecule has 0 spiro atoms. The zero-order chi connectivity index (χ0) is 11.7. The second-order valence-corrected chi connectivity index (χ2v) is 3.38. The number of amides is 1. The molecule has 88 valence electrons. The SMILES string of the molecule is CCCNC(=O)OCCOC(=O)C(C)C. The summed E-state index contributed by atoms with van der Waals surface area (Å²) in [7, 11) is 0. The van der Waals surface area contributed by atoms with E-state index in [0.717, 1.165) is 6.42 Å². The highest BCUT2D eigenvalue weighted by molar-refractivity contribution is 5.71. The lowest BCUT2D eigenvalue weighted by atomic mass is 10.2. The Kier molecular flexibility index (Phi) is 7.40. The summed E-state index contributed by atoms with van der Waals surface area (Å²) in [5.74, 6) is -0.438. The monoisotopic (exact) mass is 217 g/mol. The molecule has 0 unspecified atom stereocenters. The van der Waals surface area contributed by atoms with Crippen LogP contribution in [-0.4, -0.2) is 31.8 Å². The molecule has 0 aliphatic carbocycles. The van der Waals surface area contributed by atoms with Crippen molar-refractivity contribution in [1.82, 2.24) is 5.32 Å². The van der Waals surface area contributed by atoms with Gasteiger partial charge in [-0.1, -0.05) is 20.8 Å². The minimum Gasteiger partial charge on any atom is -0.462 e. The molecule has 0 aromatic rings. The number of hydrogen-bond acceptors (Lipinski definition) is 4. The van der Waals surface area contributed by atoms with Crippen LogP contribution in [0.25, 0.3) is 0 Å². The maximum absolute atomic E-state index is 11.0. The summed E-state index contributed by atoms with van der Waals surface area (Å²) >= 11 is 0. The van der Waals surface area contributed by atoms with Crippen LogP contribution >= 0.6 is 0 Å². The summed E-state index contributed by atoms with van der Waals surface area (Å²) in [6.45, 7) is 6.23. The van der Waals surface area contributed by atoms with Crippen LogP contribution in [0.1, 0.15) is 27.2 Å². The Hall–Kier alpha value is -1.26. The predicted octanol–water partition coefficient (Wildman–Crippen LogP) is 1.32. The zero-order valence-electron chi connectivity index (χ0n) is 9.54. The molecule has 1 amide bonds. The van der Waals surface area contributed by atoms with E-state index >= 15 is 0 Å². The van der Waals surface area contributed by atoms with Gasteiger partial charge >= 0.3 is 12.1 Å². The van der Waals surface area contributed by atoms with Gasteiger partial charge in [0.05, 0.1) is 5.92 Å². The van der Waals surface area contributed by atoms with E-state index in [-0.39, 0.29) is 25.1 Å². The van der Waals surface area contributed by atoms with Crippen LogP contribution in [0.15, 0.2) is 0 Å². The first-order chi connectivity index (χ1) is 7.07. The average Bonchev–Trinajstić information content (AvgIpc) is 2.20. The summed E-state index contributed by atoms with van der Waals surface area (Å²) < 4.78 is 9.56. The van der Waals surface area contributed by atoms with Gasteiger partial charge in [0.1, 0.15) is 13.2 Å². The van der Waals surface area contributed by atoms with Crippen molar-refractivity contribution in [3.63, 3.8) is 0 Å². The van der Waals surface area contributed by atoms with Gasteiger partial charge in [-0.25, -0.2) is 4.79 Å². The van der Waals surface area contributed by atoms with E-state index in [1.165, 1.54) is 0 Å². The van der Waals surface area contributed by atoms with E-state index in [1.54, 1.807) is 13.8 Å². The molecule has 0 aliphatic rings. The molecule has 1 N–H and O–H groups in total. The molecule has 0 aliphatic heterocycles. The maximum Gasteiger partial charge on any atom is 0.407 e. The van der Waals surface area contributed by atoms with E-state index in [9.17, 15) is 9.59 Å². The van der Waals surface area contributed by atoms with Gasteiger partial charge in [-0.15, -0.1) is 0 Å². The fourth-order valence-electron chi connectivity index (χ4n) is 0.721. The quantitative estimate of drug-likeness (QED) is 0.538. The van der Waals surface area contributed by atoms with Crippen LogP contribution in [-0.2, 0) is 14.3 Å². The number of ether oxygens (including phenoxy) is 2. The zero-order valence-corrected chi connectivity index (χ0v) is 9.54. The number of carbonyl (C=O) groups is 2. The topological polar surface area (TPSA) is 64.6 Å². The molecule has 15 heavy (non-hydrogen) atoms. The molecule has 0 radical (unpaired) electrons. The Bertz CT molecular complexity index is 204. The molecule has 0 rings (SSSR count). The van der Waals surface area contributed by atoms with Crippen molar-refractivity contribution in [2.45, 2.75) is 27.2 Å². The van der Waals surface area contributed by atoms with Gasteiger partial charge in [0.25, 0.3) is 0 Å². The van der Waals surface area contributed by atoms with Crippen LogP contribution in [0, 0.1) is 5.92 Å². The van der Waals surface area contributed by atoms with Gasteiger partial charge in [-0.05, 0) is 6.42 Å². The van der Waals surface area contributed by atoms with Crippen molar-refractivity contribution in [3.05, 3.63) is 0 Å². The Labute approximate surface area is 90.1 Å². The summed E-state index contributed by atoms with van der Waals surface area (Å²) in [5.41, 5.74) is 0. The fourth-order valence-corrected chi connectivity index (χ4v) is 0.721. The fraction of sp³-hybridized carbons (Fsp3) is 0.800. The molecular weight excluding hydrogens is 198 g/mol. The number of rotatable bonds is 6. The van der Waals surface area contributed by atoms with Gasteiger partial charge in [0.2, 0.25) is 0 Å². The van der Waals surface area contributed by atoms with Crippen LogP contribution in [0.2, 0.25) is 0 Å². The molecule has 0 aromatic carbocycles. The largest absolute Gasteiger partial charge is 0.462 e. The summed E-state index contributed by atoms with van der Waals surface area (Å²) in [4.78, 5) is 21.9. The molecule has 5 heteroatoms. The minimum atomic E-state index is -0.475. The average molecular weight is 217 g/mol. The number of alkyl carbamates (subject to hydrolysis) is 1. The normalized spacial score (nSPS) is 9.87. The van der Waals surface area contributed by atoms with Gasteiger partial charge < -0.3 is 14.8 Å². The molecule has 0 atom stereocenters. The number of esters is 1. The smallest absolute Gasteiger partial charge is 0.407 e. The van der Waals surface area contributed by atoms with Crippen molar-refractivity contribution >= 4 is 12.1 Å². The first-order valence-corrected chi connectivity index (χ1v) is 5.15. The van der Waals surface area contributed by atoms with Gasteiger partial charge in [0, 0.05) is 6.54 Å². The van der Waals surface area contributed by atoms with E-state index in [4.69, 9.17) is 9.47 Å². The Morgan fingerprint density at radius 3 is 2.33 bits per heavy atom. The van der Waals surface area contributed by atoms with Crippen molar-refractivity contribution in [1.29, 1.82) is 0 Å². The summed E-state index contributed by atoms with van der Waals surface area (Å²) in [6.07, 6.45) is 0.384. The highest BCUT2D eigenvalue weighted by Gasteiger charge is 2.08. The Balaban J connectivity index is 3.38. The van der Waals surface area contributed by atoms with Crippen molar-refractivity contribution in [2.24, 2.45) is 5.92 Å². The van der Waals surface area contributed by atoms with Crippen LogP contribution in [0.4, 0.5) is 4.79 Å². The van der Waals surface area contributed by atoms with E-state index in [0.29, 0.717) is 6.54 Å². The minimum absolute atomic E-state index is 0.0913. The van der Waals surface area contributed by atoms with Gasteiger partial charge in [-0.3, -0.25) is 4.79 Å². The summed E-state index contributed by atoms with van der Waals surface area (Å²) in [5, 5.41) is 2.54. The first-order valence-electron chi connectivity index (χ1n) is 5.15. The third-order valence-electron chi connectivity index (χ3n) is 1.55. The molecular formula is C10H19NO4. The molecule has 0 saturated heterocycles. The van der Waals surface area contributed by atoms with Crippen LogP contribution in [0.5, 0.6) is 0 Å². The number of hydrogen-bond donors (Lipinski definition) is 1. The Morgan fingerprint density at radius 2 is 1.80 bits per heavy atom. The van der Waals surface area contributed by atoms with E-state index in [1.807, 2.05) is 6.92 Å². The van der Waals surface area contributed by atoms with Crippen molar-refractivity contribution < 1.29 is 19.1 Å². The first kappa shape index (κ1) is 13.7. The van der Waals surface area contributed by atoms with Crippen molar-refractivity contribution in [3.8, 4) is 0 Å². The lowest BCUT2D eigenvalue weighted by Crippen LogP contribution is -2.26. The molecule has 0 fully saturated rings. The Morgan fingerprint density at radius 1 is 1.20 bits per heavy atom. The predicted molar refractivity (Wildman–Crippen MR) is 55.4 cm³/mol. The van der Waals surface area contributed by atoms with E-state index in [2.05, 4.69) is 5.32 Å². The number of carbonyl (C=O) groups excluding carboxylic acids is 2. The highest BCUT2D eigenvalue weighted by Crippen LogP contribution is 1.95. The van der Waals surface area contributed by atoms with Gasteiger partial charge in [0.15, 0.2) is 0 Å². The van der Waals surface area contributed by atoms with Crippen LogP contribution in [0.3, 0.4) is 0 Å². The standard InChI is InChI=1S/C10H19NO4/c1-4-5-11-10(13)15-7-6-14-9(12)8(2)3/h8H,4-7H2,1-3H3,(H,11,13). The molecule has 0 aromatic heterocycles. The molecule has 5 nitrogen and oxygen atoms in total. The summed E-state index contributed by atoms with van der Waals surface area (Å²) in [6, 6.07) is 0.